The van der Waals surface area contributed by atoms with E-state index in [1.807, 2.05) is 0 Å². The van der Waals surface area contributed by atoms with Crippen molar-refractivity contribution in [1.82, 2.24) is 8.75 Å². The van der Waals surface area contributed by atoms with Crippen LogP contribution in [0.25, 0.3) is 22.8 Å². The monoisotopic (exact) mass is 364 g/mol. The van der Waals surface area contributed by atoms with Gasteiger partial charge in [0.2, 0.25) is 0 Å². The number of allylic oxidation sites excluding steroid dienone is 1. The quantitative estimate of drug-likeness (QED) is 0.528. The molecule has 2 aliphatic carbocycles. The maximum absolute atomic E-state index is 6.25. The second-order valence-corrected chi connectivity index (χ2v) is 7.82. The summed E-state index contributed by atoms with van der Waals surface area (Å²) in [5.74, 6) is 0.468. The fourth-order valence-electron chi connectivity index (χ4n) is 4.27. The van der Waals surface area contributed by atoms with Gasteiger partial charge in [0.1, 0.15) is 5.69 Å². The van der Waals surface area contributed by atoms with Gasteiger partial charge < -0.3 is 0 Å². The van der Waals surface area contributed by atoms with E-state index in [2.05, 4.69) is 58.1 Å². The van der Waals surface area contributed by atoms with Gasteiger partial charge in [-0.3, -0.25) is 0 Å². The Bertz CT molecular complexity index is 1020. The summed E-state index contributed by atoms with van der Waals surface area (Å²) in [6.07, 6.45) is 5.48. The lowest BCUT2D eigenvalue weighted by Gasteiger charge is -2.28. The Morgan fingerprint density at radius 1 is 1.04 bits per heavy atom. The fourth-order valence-corrected chi connectivity index (χ4v) is 5.06. The first-order chi connectivity index (χ1) is 12.2. The molecule has 124 valence electrons. The largest absolute Gasteiger partial charge is 0.172 e. The van der Waals surface area contributed by atoms with Gasteiger partial charge in [-0.25, -0.2) is 0 Å². The summed E-state index contributed by atoms with van der Waals surface area (Å²) in [7, 11) is 0. The second kappa shape index (κ2) is 5.79. The highest BCUT2D eigenvalue weighted by Crippen LogP contribution is 2.44. The molecule has 0 saturated carbocycles. The van der Waals surface area contributed by atoms with Gasteiger partial charge in [-0.15, -0.1) is 0 Å². The maximum atomic E-state index is 6.25. The van der Waals surface area contributed by atoms with Crippen LogP contribution in [-0.4, -0.2) is 8.75 Å². The van der Waals surface area contributed by atoms with E-state index < -0.39 is 0 Å². The summed E-state index contributed by atoms with van der Waals surface area (Å²) < 4.78 is 8.57. The minimum Gasteiger partial charge on any atom is -0.172 e. The third kappa shape index (κ3) is 2.37. The van der Waals surface area contributed by atoms with Gasteiger partial charge in [0.15, 0.2) is 5.15 Å². The zero-order valence-corrected chi connectivity index (χ0v) is 15.5. The van der Waals surface area contributed by atoms with Gasteiger partial charge >= 0.3 is 0 Å². The van der Waals surface area contributed by atoms with Crippen LogP contribution in [0.3, 0.4) is 0 Å². The van der Waals surface area contributed by atoms with Gasteiger partial charge in [-0.1, -0.05) is 54.9 Å². The van der Waals surface area contributed by atoms with E-state index in [0.29, 0.717) is 11.1 Å². The molecule has 4 heteroatoms. The van der Waals surface area contributed by atoms with Crippen LogP contribution in [-0.2, 0) is 12.8 Å². The van der Waals surface area contributed by atoms with Crippen molar-refractivity contribution in [2.24, 2.45) is 0 Å². The van der Waals surface area contributed by atoms with Crippen LogP contribution in [0.2, 0.25) is 5.15 Å². The number of aromatic nitrogens is 2. The molecule has 3 aromatic rings. The first-order valence-corrected chi connectivity index (χ1v) is 9.76. The molecule has 0 fully saturated rings. The van der Waals surface area contributed by atoms with Crippen molar-refractivity contribution >= 4 is 35.0 Å². The second-order valence-electron chi connectivity index (χ2n) is 6.93. The van der Waals surface area contributed by atoms with Crippen molar-refractivity contribution in [2.45, 2.75) is 32.1 Å². The SMILES string of the molecule is CC1CC(c2nsnc2Cl)=Cc2c1ccc1c2CCc2ccccc2-1. The summed E-state index contributed by atoms with van der Waals surface area (Å²) in [6, 6.07) is 13.4. The summed E-state index contributed by atoms with van der Waals surface area (Å²) in [4.78, 5) is 0. The van der Waals surface area contributed by atoms with Crippen molar-refractivity contribution in [3.05, 3.63) is 69.5 Å². The normalized spacial score (nSPS) is 18.2. The molecule has 1 heterocycles. The van der Waals surface area contributed by atoms with Crippen LogP contribution in [0.4, 0.5) is 0 Å². The standard InChI is InChI=1S/C21H17ClN2S/c1-12-10-14(20-21(22)24-25-23-20)11-19-15(12)8-9-17-16-5-3-2-4-13(16)6-7-18(17)19/h2-5,8-9,11-12H,6-7,10H2,1H3. The highest BCUT2D eigenvalue weighted by molar-refractivity contribution is 6.99. The van der Waals surface area contributed by atoms with E-state index in [4.69, 9.17) is 11.6 Å². The van der Waals surface area contributed by atoms with E-state index in [1.165, 1.54) is 50.7 Å². The highest BCUT2D eigenvalue weighted by atomic mass is 35.5. The van der Waals surface area contributed by atoms with Gasteiger partial charge in [-0.05, 0) is 70.2 Å². The van der Waals surface area contributed by atoms with Crippen molar-refractivity contribution in [2.75, 3.05) is 0 Å². The summed E-state index contributed by atoms with van der Waals surface area (Å²) in [5.41, 5.74) is 10.6. The molecule has 2 aromatic carbocycles. The Morgan fingerprint density at radius 2 is 1.92 bits per heavy atom. The Morgan fingerprint density at radius 3 is 2.76 bits per heavy atom. The zero-order valence-electron chi connectivity index (χ0n) is 13.9. The zero-order chi connectivity index (χ0) is 17.0. The van der Waals surface area contributed by atoms with Crippen LogP contribution in [0.5, 0.6) is 0 Å². The lowest BCUT2D eigenvalue weighted by molar-refractivity contribution is 0.776. The summed E-state index contributed by atoms with van der Waals surface area (Å²) in [5, 5.41) is 0.530. The molecule has 0 spiro atoms. The van der Waals surface area contributed by atoms with E-state index in [0.717, 1.165) is 25.0 Å². The van der Waals surface area contributed by atoms with Gasteiger partial charge in [-0.2, -0.15) is 8.75 Å². The van der Waals surface area contributed by atoms with Crippen LogP contribution in [0.1, 0.15) is 47.2 Å². The average molecular weight is 365 g/mol. The molecule has 25 heavy (non-hydrogen) atoms. The highest BCUT2D eigenvalue weighted by Gasteiger charge is 2.26. The lowest BCUT2D eigenvalue weighted by atomic mass is 9.76. The molecule has 1 aromatic heterocycles. The lowest BCUT2D eigenvalue weighted by Crippen LogP contribution is -2.12. The predicted octanol–water partition coefficient (Wildman–Crippen LogP) is 6.00. The van der Waals surface area contributed by atoms with E-state index >= 15 is 0 Å². The third-order valence-corrected chi connectivity index (χ3v) is 6.36. The molecule has 5 rings (SSSR count). The van der Waals surface area contributed by atoms with Crippen LogP contribution < -0.4 is 0 Å². The molecular formula is C21H17ClN2S. The third-order valence-electron chi connectivity index (χ3n) is 5.47. The number of hydrogen-bond donors (Lipinski definition) is 0. The van der Waals surface area contributed by atoms with Crippen LogP contribution in [0.15, 0.2) is 36.4 Å². The van der Waals surface area contributed by atoms with Crippen molar-refractivity contribution < 1.29 is 0 Å². The molecule has 0 amide bonds. The molecule has 0 bridgehead atoms. The predicted molar refractivity (Wildman–Crippen MR) is 105 cm³/mol. The van der Waals surface area contributed by atoms with Crippen LogP contribution >= 0.6 is 23.3 Å². The van der Waals surface area contributed by atoms with Crippen LogP contribution in [0, 0.1) is 0 Å². The number of fused-ring (bicyclic) bond motifs is 5. The number of benzene rings is 2. The number of rotatable bonds is 1. The summed E-state index contributed by atoms with van der Waals surface area (Å²) >= 11 is 7.44. The first kappa shape index (κ1) is 15.3. The topological polar surface area (TPSA) is 25.8 Å². The minimum absolute atomic E-state index is 0.468. The van der Waals surface area contributed by atoms with Crippen molar-refractivity contribution in [3.8, 4) is 11.1 Å². The molecule has 0 aliphatic heterocycles. The Labute approximate surface area is 156 Å². The fraction of sp³-hybridized carbons (Fsp3) is 0.238. The maximum Gasteiger partial charge on any atom is 0.170 e. The molecule has 0 saturated heterocycles. The smallest absolute Gasteiger partial charge is 0.170 e. The number of nitrogens with zero attached hydrogens (tertiary/aromatic N) is 2. The Kier molecular flexibility index (Phi) is 3.54. The Hall–Kier alpha value is -1.97. The minimum atomic E-state index is 0.468. The van der Waals surface area contributed by atoms with Gasteiger partial charge in [0.25, 0.3) is 0 Å². The number of halogens is 1. The molecule has 1 unspecified atom stereocenters. The molecule has 2 aliphatic rings. The van der Waals surface area contributed by atoms with Gasteiger partial charge in [0.05, 0.1) is 11.7 Å². The van der Waals surface area contributed by atoms with Crippen molar-refractivity contribution in [1.29, 1.82) is 0 Å². The summed E-state index contributed by atoms with van der Waals surface area (Å²) in [6.45, 7) is 2.29. The molecule has 0 radical (unpaired) electrons. The van der Waals surface area contributed by atoms with Gasteiger partial charge in [0, 0.05) is 0 Å². The van der Waals surface area contributed by atoms with E-state index in [1.54, 1.807) is 0 Å². The molecule has 2 nitrogen and oxygen atoms in total. The van der Waals surface area contributed by atoms with E-state index in [-0.39, 0.29) is 0 Å². The number of aryl methyl sites for hydroxylation is 1. The average Bonchev–Trinajstić information content (AvgIpc) is 3.07. The molecule has 0 N–H and O–H groups in total. The number of hydrogen-bond acceptors (Lipinski definition) is 3. The Balaban J connectivity index is 1.73. The molecule has 1 atom stereocenters. The van der Waals surface area contributed by atoms with Crippen molar-refractivity contribution in [3.63, 3.8) is 0 Å². The molecular weight excluding hydrogens is 348 g/mol. The van der Waals surface area contributed by atoms with E-state index in [9.17, 15) is 0 Å². The first-order valence-electron chi connectivity index (χ1n) is 8.65.